The molecule has 0 heterocycles. The summed E-state index contributed by atoms with van der Waals surface area (Å²) in [6, 6.07) is 12.2. The van der Waals surface area contributed by atoms with E-state index in [0.29, 0.717) is 5.56 Å². The van der Waals surface area contributed by atoms with E-state index >= 15 is 0 Å². The summed E-state index contributed by atoms with van der Waals surface area (Å²) in [5.74, 6) is -0.561. The number of amides is 1. The predicted molar refractivity (Wildman–Crippen MR) is 82.4 cm³/mol. The Morgan fingerprint density at radius 3 is 2.70 bits per heavy atom. The fourth-order valence-electron chi connectivity index (χ4n) is 1.68. The summed E-state index contributed by atoms with van der Waals surface area (Å²) in [5.41, 5.74) is 2.42. The van der Waals surface area contributed by atoms with Crippen LogP contribution in [0.1, 0.15) is 5.56 Å². The zero-order chi connectivity index (χ0) is 16.7. The molecule has 0 bridgehead atoms. The molecule has 23 heavy (non-hydrogen) atoms. The number of nitrogens with one attached hydrogen (secondary N) is 1. The van der Waals surface area contributed by atoms with Crippen LogP contribution >= 0.6 is 0 Å². The van der Waals surface area contributed by atoms with Crippen molar-refractivity contribution in [3.05, 3.63) is 64.2 Å². The maximum atomic E-state index is 11.6. The number of aromatic hydroxyl groups is 1. The number of nitrogens with zero attached hydrogens (tertiary/aromatic N) is 2. The Bertz CT molecular complexity index is 745. The van der Waals surface area contributed by atoms with E-state index in [0.717, 1.165) is 0 Å². The van der Waals surface area contributed by atoms with Crippen molar-refractivity contribution in [2.24, 2.45) is 5.10 Å². The van der Waals surface area contributed by atoms with Gasteiger partial charge in [0.1, 0.15) is 5.75 Å². The Morgan fingerprint density at radius 2 is 1.96 bits per heavy atom. The second-order valence-electron chi connectivity index (χ2n) is 4.37. The predicted octanol–water partition coefficient (Wildman–Crippen LogP) is 1.83. The second-order valence-corrected chi connectivity index (χ2v) is 4.37. The summed E-state index contributed by atoms with van der Waals surface area (Å²) in [7, 11) is 0. The molecule has 0 aliphatic heterocycles. The summed E-state index contributed by atoms with van der Waals surface area (Å²) in [6.07, 6.45) is 1.28. The van der Waals surface area contributed by atoms with E-state index in [-0.39, 0.29) is 17.2 Å². The molecule has 0 atom stereocenters. The standard InChI is InChI=1S/C15H13N3O5/c19-13-7-3-1-5-11(13)9-16-17-15(20)10-23-14-8-4-2-6-12(14)18(21)22/h1-9,19H,10H2,(H,17,20)/b16-9+. The van der Waals surface area contributed by atoms with Crippen LogP contribution in [0, 0.1) is 10.1 Å². The van der Waals surface area contributed by atoms with E-state index in [2.05, 4.69) is 10.5 Å². The highest BCUT2D eigenvalue weighted by Gasteiger charge is 2.14. The number of hydrazone groups is 1. The number of nitro benzene ring substituents is 1. The lowest BCUT2D eigenvalue weighted by Crippen LogP contribution is -2.24. The number of ether oxygens (including phenoxy) is 1. The first-order valence-corrected chi connectivity index (χ1v) is 6.54. The van der Waals surface area contributed by atoms with Crippen molar-refractivity contribution in [3.63, 3.8) is 0 Å². The Kier molecular flexibility index (Phi) is 5.24. The molecule has 1 amide bonds. The average molecular weight is 315 g/mol. The molecule has 2 aromatic carbocycles. The molecule has 0 spiro atoms. The number of phenols is 1. The van der Waals surface area contributed by atoms with E-state index in [4.69, 9.17) is 4.74 Å². The van der Waals surface area contributed by atoms with Crippen LogP contribution in [0.25, 0.3) is 0 Å². The largest absolute Gasteiger partial charge is 0.507 e. The van der Waals surface area contributed by atoms with Gasteiger partial charge in [-0.15, -0.1) is 0 Å². The zero-order valence-corrected chi connectivity index (χ0v) is 11.9. The summed E-state index contributed by atoms with van der Waals surface area (Å²) in [6.45, 7) is -0.428. The van der Waals surface area contributed by atoms with Gasteiger partial charge in [-0.25, -0.2) is 5.43 Å². The third-order valence-corrected chi connectivity index (χ3v) is 2.75. The third-order valence-electron chi connectivity index (χ3n) is 2.75. The Labute approximate surface area is 131 Å². The number of carbonyl (C=O) groups is 1. The number of carbonyl (C=O) groups excluding carboxylic acids is 1. The Morgan fingerprint density at radius 1 is 1.26 bits per heavy atom. The lowest BCUT2D eigenvalue weighted by atomic mass is 10.2. The fraction of sp³-hybridized carbons (Fsp3) is 0.0667. The maximum Gasteiger partial charge on any atom is 0.310 e. The maximum absolute atomic E-state index is 11.6. The highest BCUT2D eigenvalue weighted by atomic mass is 16.6. The number of benzene rings is 2. The van der Waals surface area contributed by atoms with Gasteiger partial charge in [0.15, 0.2) is 12.4 Å². The number of para-hydroxylation sites is 3. The number of phenolic OH excluding ortho intramolecular Hbond substituents is 1. The van der Waals surface area contributed by atoms with E-state index < -0.39 is 17.4 Å². The number of rotatable bonds is 6. The van der Waals surface area contributed by atoms with Gasteiger partial charge in [0.05, 0.1) is 11.1 Å². The van der Waals surface area contributed by atoms with Crippen LogP contribution in [-0.4, -0.2) is 28.8 Å². The Balaban J connectivity index is 1.89. The van der Waals surface area contributed by atoms with Gasteiger partial charge in [-0.3, -0.25) is 14.9 Å². The quantitative estimate of drug-likeness (QED) is 0.479. The number of hydrogen-bond acceptors (Lipinski definition) is 6. The summed E-state index contributed by atoms with van der Waals surface area (Å²) in [5, 5.41) is 24.0. The van der Waals surface area contributed by atoms with Gasteiger partial charge < -0.3 is 9.84 Å². The van der Waals surface area contributed by atoms with E-state index in [1.807, 2.05) is 0 Å². The van der Waals surface area contributed by atoms with Gasteiger partial charge in [0.25, 0.3) is 5.91 Å². The molecule has 0 aromatic heterocycles. The second kappa shape index (κ2) is 7.55. The highest BCUT2D eigenvalue weighted by Crippen LogP contribution is 2.25. The first-order valence-electron chi connectivity index (χ1n) is 6.54. The fourth-order valence-corrected chi connectivity index (χ4v) is 1.68. The molecule has 8 nitrogen and oxygen atoms in total. The van der Waals surface area contributed by atoms with Crippen LogP contribution in [-0.2, 0) is 4.79 Å². The Hall–Kier alpha value is -3.42. The third kappa shape index (κ3) is 4.53. The molecule has 0 saturated carbocycles. The van der Waals surface area contributed by atoms with Gasteiger partial charge in [-0.05, 0) is 18.2 Å². The van der Waals surface area contributed by atoms with E-state index in [9.17, 15) is 20.0 Å². The summed E-state index contributed by atoms with van der Waals surface area (Å²) >= 11 is 0. The highest BCUT2D eigenvalue weighted by molar-refractivity contribution is 5.85. The van der Waals surface area contributed by atoms with Crippen LogP contribution in [0.5, 0.6) is 11.5 Å². The molecule has 2 aromatic rings. The minimum absolute atomic E-state index is 0.00247. The molecule has 0 aliphatic carbocycles. The van der Waals surface area contributed by atoms with Crippen LogP contribution < -0.4 is 10.2 Å². The smallest absolute Gasteiger partial charge is 0.310 e. The van der Waals surface area contributed by atoms with Crippen LogP contribution in [0.2, 0.25) is 0 Å². The first kappa shape index (κ1) is 16.0. The van der Waals surface area contributed by atoms with Crippen molar-refractivity contribution in [1.82, 2.24) is 5.43 Å². The van der Waals surface area contributed by atoms with Crippen molar-refractivity contribution in [1.29, 1.82) is 0 Å². The van der Waals surface area contributed by atoms with Gasteiger partial charge in [-0.1, -0.05) is 24.3 Å². The zero-order valence-electron chi connectivity index (χ0n) is 11.9. The van der Waals surface area contributed by atoms with Crippen molar-refractivity contribution in [3.8, 4) is 11.5 Å². The summed E-state index contributed by atoms with van der Waals surface area (Å²) in [4.78, 5) is 21.8. The van der Waals surface area contributed by atoms with Gasteiger partial charge >= 0.3 is 5.69 Å². The van der Waals surface area contributed by atoms with Crippen molar-refractivity contribution >= 4 is 17.8 Å². The number of hydrogen-bond donors (Lipinski definition) is 2. The topological polar surface area (TPSA) is 114 Å². The first-order chi connectivity index (χ1) is 11.1. The summed E-state index contributed by atoms with van der Waals surface area (Å²) < 4.78 is 5.11. The normalized spacial score (nSPS) is 10.4. The lowest BCUT2D eigenvalue weighted by Gasteiger charge is -2.05. The molecule has 118 valence electrons. The molecule has 0 radical (unpaired) electrons. The van der Waals surface area contributed by atoms with Gasteiger partial charge in [-0.2, -0.15) is 5.10 Å². The average Bonchev–Trinajstić information content (AvgIpc) is 2.55. The monoisotopic (exact) mass is 315 g/mol. The van der Waals surface area contributed by atoms with E-state index in [1.54, 1.807) is 24.3 Å². The number of nitro groups is 1. The molecule has 0 fully saturated rings. The van der Waals surface area contributed by atoms with Gasteiger partial charge in [0.2, 0.25) is 0 Å². The van der Waals surface area contributed by atoms with Crippen LogP contribution in [0.3, 0.4) is 0 Å². The molecule has 2 rings (SSSR count). The molecular weight excluding hydrogens is 302 g/mol. The minimum Gasteiger partial charge on any atom is -0.507 e. The minimum atomic E-state index is -0.594. The van der Waals surface area contributed by atoms with Crippen LogP contribution in [0.4, 0.5) is 5.69 Å². The molecule has 0 saturated heterocycles. The van der Waals surface area contributed by atoms with Crippen molar-refractivity contribution < 1.29 is 19.6 Å². The molecule has 8 heteroatoms. The molecular formula is C15H13N3O5. The van der Waals surface area contributed by atoms with Crippen LogP contribution in [0.15, 0.2) is 53.6 Å². The molecule has 0 unspecified atom stereocenters. The molecule has 2 N–H and O–H groups in total. The lowest BCUT2D eigenvalue weighted by molar-refractivity contribution is -0.385. The van der Waals surface area contributed by atoms with E-state index in [1.165, 1.54) is 30.5 Å². The van der Waals surface area contributed by atoms with Crippen molar-refractivity contribution in [2.75, 3.05) is 6.61 Å². The van der Waals surface area contributed by atoms with Gasteiger partial charge in [0, 0.05) is 11.6 Å². The van der Waals surface area contributed by atoms with Crippen molar-refractivity contribution in [2.45, 2.75) is 0 Å². The SMILES string of the molecule is O=C(COc1ccccc1[N+](=O)[O-])N/N=C/c1ccccc1O. The molecule has 0 aliphatic rings.